The van der Waals surface area contributed by atoms with Crippen LogP contribution in [-0.2, 0) is 9.59 Å². The lowest BCUT2D eigenvalue weighted by Crippen LogP contribution is -2.62. The predicted molar refractivity (Wildman–Crippen MR) is 97.9 cm³/mol. The number of amides is 2. The highest BCUT2D eigenvalue weighted by Gasteiger charge is 2.66. The molecule has 2 amide bonds. The van der Waals surface area contributed by atoms with Crippen LogP contribution < -0.4 is 0 Å². The van der Waals surface area contributed by atoms with E-state index in [2.05, 4.69) is 13.8 Å². The molecule has 2 unspecified atom stereocenters. The van der Waals surface area contributed by atoms with Crippen molar-refractivity contribution in [2.45, 2.75) is 65.3 Å². The predicted octanol–water partition coefficient (Wildman–Crippen LogP) is 3.76. The smallest absolute Gasteiger partial charge is 0.414 e. The van der Waals surface area contributed by atoms with E-state index >= 15 is 0 Å². The average molecular weight is 375 g/mol. The molecule has 0 aromatic carbocycles. The Bertz CT molecular complexity index is 747. The van der Waals surface area contributed by atoms with Gasteiger partial charge >= 0.3 is 12.1 Å². The first-order valence-corrected chi connectivity index (χ1v) is 10.0. The number of hydrogen-bond acceptors (Lipinski definition) is 3. The van der Waals surface area contributed by atoms with Crippen LogP contribution in [0.25, 0.3) is 0 Å². The topological polar surface area (TPSA) is 94.9 Å². The molecular weight excluding hydrogens is 346 g/mol. The fraction of sp³-hybridized carbons (Fsp3) is 0.762. The highest BCUT2D eigenvalue weighted by molar-refractivity contribution is 5.99. The summed E-state index contributed by atoms with van der Waals surface area (Å²) in [5, 5.41) is 19.5. The lowest BCUT2D eigenvalue weighted by atomic mass is 9.46. The van der Waals surface area contributed by atoms with Crippen molar-refractivity contribution in [1.29, 1.82) is 0 Å². The summed E-state index contributed by atoms with van der Waals surface area (Å²) in [4.78, 5) is 37.0. The third-order valence-corrected chi connectivity index (χ3v) is 9.15. The van der Waals surface area contributed by atoms with Crippen LogP contribution in [0, 0.1) is 34.0 Å². The molecule has 1 heterocycles. The van der Waals surface area contributed by atoms with Crippen molar-refractivity contribution in [1.82, 2.24) is 4.90 Å². The molecule has 3 aliphatic carbocycles. The van der Waals surface area contributed by atoms with E-state index in [9.17, 15) is 24.6 Å². The van der Waals surface area contributed by atoms with Crippen LogP contribution >= 0.6 is 0 Å². The molecule has 0 spiro atoms. The minimum absolute atomic E-state index is 0.218. The normalized spacial score (nSPS) is 48.6. The summed E-state index contributed by atoms with van der Waals surface area (Å²) in [5.74, 6) is -0.106. The van der Waals surface area contributed by atoms with E-state index in [4.69, 9.17) is 0 Å². The number of carboxylic acids is 1. The van der Waals surface area contributed by atoms with Gasteiger partial charge in [-0.1, -0.05) is 19.9 Å². The standard InChI is InChI=1S/C21H29NO5/c1-19-9-8-16(23)22(18(26)27)15(19)5-4-12-13(19)6-10-20(2)14(12)7-11-21(20,3)17(24)25/h8-9,12-15H,4-7,10-11H2,1-3H3,(H,24,25)(H,26,27)/t12-,13-,14+,15?,19-,20+,21?/m1/s1. The molecule has 0 radical (unpaired) electrons. The molecule has 7 atom stereocenters. The van der Waals surface area contributed by atoms with Gasteiger partial charge in [-0.3, -0.25) is 9.59 Å². The maximum atomic E-state index is 12.2. The van der Waals surface area contributed by atoms with Gasteiger partial charge in [-0.25, -0.2) is 9.69 Å². The second-order valence-corrected chi connectivity index (χ2v) is 9.79. The van der Waals surface area contributed by atoms with Gasteiger partial charge in [0.25, 0.3) is 5.91 Å². The van der Waals surface area contributed by atoms with E-state index in [-0.39, 0.29) is 22.8 Å². The van der Waals surface area contributed by atoms with Crippen LogP contribution in [0.1, 0.15) is 59.3 Å². The number of aliphatic carboxylic acids is 1. The molecule has 0 aromatic rings. The molecule has 0 bridgehead atoms. The van der Waals surface area contributed by atoms with Crippen LogP contribution in [0.2, 0.25) is 0 Å². The van der Waals surface area contributed by atoms with Gasteiger partial charge in [0.2, 0.25) is 0 Å². The summed E-state index contributed by atoms with van der Waals surface area (Å²) in [6.45, 7) is 6.17. The van der Waals surface area contributed by atoms with Gasteiger partial charge in [-0.15, -0.1) is 0 Å². The molecule has 3 saturated carbocycles. The number of hydrogen-bond donors (Lipinski definition) is 2. The van der Waals surface area contributed by atoms with Gasteiger partial charge in [0.15, 0.2) is 0 Å². The van der Waals surface area contributed by atoms with E-state index in [1.807, 2.05) is 13.0 Å². The Hall–Kier alpha value is -1.85. The van der Waals surface area contributed by atoms with Crippen LogP contribution in [0.15, 0.2) is 12.2 Å². The summed E-state index contributed by atoms with van der Waals surface area (Å²) in [5.41, 5.74) is -1.27. The van der Waals surface area contributed by atoms with E-state index in [0.29, 0.717) is 24.7 Å². The van der Waals surface area contributed by atoms with E-state index < -0.39 is 23.4 Å². The lowest BCUT2D eigenvalue weighted by molar-refractivity contribution is -0.163. The molecule has 0 aromatic heterocycles. The van der Waals surface area contributed by atoms with E-state index in [1.54, 1.807) is 0 Å². The molecule has 6 heteroatoms. The Balaban J connectivity index is 1.71. The number of rotatable bonds is 1. The molecule has 27 heavy (non-hydrogen) atoms. The second kappa shape index (κ2) is 5.58. The Labute approximate surface area is 159 Å². The minimum atomic E-state index is -1.17. The molecule has 2 N–H and O–H groups in total. The zero-order chi connectivity index (χ0) is 19.8. The first kappa shape index (κ1) is 18.5. The molecule has 4 rings (SSSR count). The first-order valence-electron chi connectivity index (χ1n) is 10.0. The maximum Gasteiger partial charge on any atom is 0.414 e. The minimum Gasteiger partial charge on any atom is -0.481 e. The molecule has 148 valence electrons. The number of nitrogens with zero attached hydrogens (tertiary/aromatic N) is 1. The molecule has 1 aliphatic heterocycles. The zero-order valence-electron chi connectivity index (χ0n) is 16.3. The summed E-state index contributed by atoms with van der Waals surface area (Å²) in [7, 11) is 0. The SMILES string of the molecule is CC1(C(=O)O)CC[C@H]2[C@@H]3CCC4N(C(=O)O)C(=O)C=C[C@]4(C)[C@@H]3CC[C@@]21C. The maximum absolute atomic E-state index is 12.2. The number of fused-ring (bicyclic) bond motifs is 5. The first-order chi connectivity index (χ1) is 12.6. The zero-order valence-corrected chi connectivity index (χ0v) is 16.3. The number of carbonyl (C=O) groups is 3. The van der Waals surface area contributed by atoms with E-state index in [1.165, 1.54) is 6.08 Å². The second-order valence-electron chi connectivity index (χ2n) is 9.79. The van der Waals surface area contributed by atoms with Gasteiger partial charge in [0, 0.05) is 11.5 Å². The summed E-state index contributed by atoms with van der Waals surface area (Å²) in [6, 6.07) is -0.314. The van der Waals surface area contributed by atoms with Crippen molar-refractivity contribution < 1.29 is 24.6 Å². The highest BCUT2D eigenvalue weighted by Crippen LogP contribution is 2.69. The largest absolute Gasteiger partial charge is 0.481 e. The van der Waals surface area contributed by atoms with Crippen molar-refractivity contribution in [3.05, 3.63) is 12.2 Å². The van der Waals surface area contributed by atoms with Crippen molar-refractivity contribution in [3.63, 3.8) is 0 Å². The fourth-order valence-corrected chi connectivity index (χ4v) is 7.34. The quantitative estimate of drug-likeness (QED) is 0.727. The summed E-state index contributed by atoms with van der Waals surface area (Å²) in [6.07, 6.45) is 7.11. The summed E-state index contributed by atoms with van der Waals surface area (Å²) < 4.78 is 0. The number of carboxylic acid groups (broad SMARTS) is 2. The van der Waals surface area contributed by atoms with Crippen molar-refractivity contribution in [3.8, 4) is 0 Å². The van der Waals surface area contributed by atoms with Gasteiger partial charge in [0.1, 0.15) is 0 Å². The van der Waals surface area contributed by atoms with Crippen LogP contribution in [0.4, 0.5) is 4.79 Å². The summed E-state index contributed by atoms with van der Waals surface area (Å²) >= 11 is 0. The molecule has 6 nitrogen and oxygen atoms in total. The van der Waals surface area contributed by atoms with Crippen molar-refractivity contribution >= 4 is 18.0 Å². The number of imide groups is 1. The monoisotopic (exact) mass is 375 g/mol. The van der Waals surface area contributed by atoms with Crippen molar-refractivity contribution in [2.75, 3.05) is 0 Å². The fourth-order valence-electron chi connectivity index (χ4n) is 7.34. The van der Waals surface area contributed by atoms with Gasteiger partial charge < -0.3 is 10.2 Å². The highest BCUT2D eigenvalue weighted by atomic mass is 16.4. The van der Waals surface area contributed by atoms with Gasteiger partial charge in [0.05, 0.1) is 11.5 Å². The third-order valence-electron chi connectivity index (χ3n) is 9.15. The lowest BCUT2D eigenvalue weighted by Gasteiger charge is -2.60. The average Bonchev–Trinajstić information content (AvgIpc) is 2.88. The third kappa shape index (κ3) is 2.15. The molecular formula is C21H29NO5. The Morgan fingerprint density at radius 2 is 1.70 bits per heavy atom. The Morgan fingerprint density at radius 3 is 2.33 bits per heavy atom. The molecule has 3 fully saturated rings. The van der Waals surface area contributed by atoms with E-state index in [0.717, 1.165) is 30.6 Å². The van der Waals surface area contributed by atoms with Crippen LogP contribution in [-0.4, -0.2) is 39.1 Å². The molecule has 4 aliphatic rings. The van der Waals surface area contributed by atoms with Gasteiger partial charge in [-0.05, 0) is 68.6 Å². The van der Waals surface area contributed by atoms with Crippen LogP contribution in [0.5, 0.6) is 0 Å². The Morgan fingerprint density at radius 1 is 1.04 bits per heavy atom. The number of carbonyl (C=O) groups excluding carboxylic acids is 1. The Kier molecular flexibility index (Phi) is 3.83. The molecule has 0 saturated heterocycles. The van der Waals surface area contributed by atoms with Gasteiger partial charge in [-0.2, -0.15) is 0 Å². The van der Waals surface area contributed by atoms with Crippen molar-refractivity contribution in [2.24, 2.45) is 34.0 Å². The van der Waals surface area contributed by atoms with Crippen LogP contribution in [0.3, 0.4) is 0 Å².